The van der Waals surface area contributed by atoms with Crippen LogP contribution in [0.15, 0.2) is 42.5 Å². The van der Waals surface area contributed by atoms with Gasteiger partial charge in [-0.2, -0.15) is 0 Å². The Hall–Kier alpha value is -2.40. The van der Waals surface area contributed by atoms with E-state index in [0.717, 1.165) is 44.6 Å². The number of rotatable bonds is 7. The van der Waals surface area contributed by atoms with Crippen LogP contribution in [0.5, 0.6) is 5.75 Å². The van der Waals surface area contributed by atoms with Gasteiger partial charge in [-0.15, -0.1) is 0 Å². The van der Waals surface area contributed by atoms with Gasteiger partial charge in [0.15, 0.2) is 0 Å². The molecular weight excluding hydrogens is 415 g/mol. The van der Waals surface area contributed by atoms with Crippen LogP contribution in [-0.2, 0) is 4.79 Å². The Morgan fingerprint density at radius 3 is 2.45 bits per heavy atom. The molecule has 0 spiro atoms. The predicted octanol–water partition coefficient (Wildman–Crippen LogP) is 5.48. The number of anilines is 1. The van der Waals surface area contributed by atoms with Gasteiger partial charge in [0.25, 0.3) is 0 Å². The largest absolute Gasteiger partial charge is 0.487 e. The van der Waals surface area contributed by atoms with Crippen LogP contribution in [0.25, 0.3) is 0 Å². The summed E-state index contributed by atoms with van der Waals surface area (Å²) in [6.07, 6.45) is 5.58. The molecule has 3 heterocycles. The Labute approximate surface area is 196 Å². The number of halogens is 1. The molecule has 2 saturated heterocycles. The number of benzene rings is 2. The lowest BCUT2D eigenvalue weighted by Gasteiger charge is -2.45. The van der Waals surface area contributed by atoms with Crippen LogP contribution < -0.4 is 9.64 Å². The van der Waals surface area contributed by atoms with E-state index in [1.54, 1.807) is 19.1 Å². The zero-order valence-corrected chi connectivity index (χ0v) is 20.0. The number of piperidine rings is 1. The highest BCUT2D eigenvalue weighted by Crippen LogP contribution is 2.43. The molecule has 2 aromatic carbocycles. The third-order valence-corrected chi connectivity index (χ3v) is 7.98. The highest BCUT2D eigenvalue weighted by molar-refractivity contribution is 5.89. The second kappa shape index (κ2) is 8.75. The van der Waals surface area contributed by atoms with Crippen molar-refractivity contribution >= 4 is 11.5 Å². The van der Waals surface area contributed by atoms with Crippen molar-refractivity contribution < 1.29 is 13.9 Å². The molecule has 33 heavy (non-hydrogen) atoms. The Kier molecular flexibility index (Phi) is 5.94. The van der Waals surface area contributed by atoms with Crippen LogP contribution in [0.3, 0.4) is 0 Å². The average Bonchev–Trinajstić information content (AvgIpc) is 3.27. The monoisotopic (exact) mass is 450 g/mol. The predicted molar refractivity (Wildman–Crippen MR) is 130 cm³/mol. The third kappa shape index (κ3) is 4.40. The average molecular weight is 451 g/mol. The number of fused-ring (bicyclic) bond motifs is 3. The highest BCUT2D eigenvalue weighted by Gasteiger charge is 2.47. The van der Waals surface area contributed by atoms with E-state index < -0.39 is 0 Å². The van der Waals surface area contributed by atoms with Gasteiger partial charge in [0.05, 0.1) is 5.92 Å². The molecule has 0 aromatic heterocycles. The van der Waals surface area contributed by atoms with Crippen LogP contribution in [-0.4, -0.2) is 48.0 Å². The molecule has 2 bridgehead atoms. The number of carbonyl (C=O) groups is 1. The first kappa shape index (κ1) is 22.4. The maximum absolute atomic E-state index is 13.3. The molecule has 0 N–H and O–H groups in total. The van der Waals surface area contributed by atoms with Gasteiger partial charge in [-0.3, -0.25) is 9.69 Å². The van der Waals surface area contributed by atoms with Gasteiger partial charge in [0.1, 0.15) is 23.0 Å². The molecule has 3 unspecified atom stereocenters. The minimum absolute atomic E-state index is 0.00962. The van der Waals surface area contributed by atoms with Gasteiger partial charge in [0.2, 0.25) is 0 Å². The van der Waals surface area contributed by atoms with Gasteiger partial charge in [-0.25, -0.2) is 4.39 Å². The molecule has 3 atom stereocenters. The summed E-state index contributed by atoms with van der Waals surface area (Å²) in [5.41, 5.74) is 3.55. The quantitative estimate of drug-likeness (QED) is 0.559. The smallest absolute Gasteiger partial charge is 0.139 e. The summed E-state index contributed by atoms with van der Waals surface area (Å²) < 4.78 is 19.6. The first-order valence-corrected chi connectivity index (χ1v) is 12.4. The topological polar surface area (TPSA) is 32.8 Å². The summed E-state index contributed by atoms with van der Waals surface area (Å²) >= 11 is 0. The fraction of sp³-hybridized carbons (Fsp3) is 0.536. The molecule has 0 aliphatic carbocycles. The fourth-order valence-corrected chi connectivity index (χ4v) is 6.57. The van der Waals surface area contributed by atoms with Gasteiger partial charge in [-0.05, 0) is 75.4 Å². The summed E-state index contributed by atoms with van der Waals surface area (Å²) in [4.78, 5) is 17.4. The molecule has 3 aliphatic heterocycles. The lowest BCUT2D eigenvalue weighted by atomic mass is 9.87. The molecule has 0 radical (unpaired) electrons. The second-order valence-corrected chi connectivity index (χ2v) is 10.5. The standard InChI is InChI=1S/C28H35FN2O2/c1-19-6-4-7-25-26(20(2)32)18-30(27(19)25)14-5-15-31-22-10-11-23(31)17-28(3,16-22)33-24-12-8-21(29)9-13-24/h4,6-9,12-13,22-23,26H,5,10-11,14-18H2,1-3H3. The van der Waals surface area contributed by atoms with Gasteiger partial charge >= 0.3 is 0 Å². The van der Waals surface area contributed by atoms with Gasteiger partial charge < -0.3 is 9.64 Å². The number of Topliss-reactive ketones (excluding diaryl/α,β-unsaturated/α-hetero) is 1. The summed E-state index contributed by atoms with van der Waals surface area (Å²) in [6, 6.07) is 13.9. The van der Waals surface area contributed by atoms with Crippen molar-refractivity contribution in [1.82, 2.24) is 4.90 Å². The van der Waals surface area contributed by atoms with Crippen molar-refractivity contribution in [3.63, 3.8) is 0 Å². The zero-order chi connectivity index (χ0) is 23.2. The van der Waals surface area contributed by atoms with E-state index in [-0.39, 0.29) is 23.1 Å². The molecule has 2 aromatic rings. The Morgan fingerprint density at radius 2 is 1.79 bits per heavy atom. The van der Waals surface area contributed by atoms with Crippen molar-refractivity contribution in [3.05, 3.63) is 59.4 Å². The Bertz CT molecular complexity index is 1010. The van der Waals surface area contributed by atoms with Gasteiger partial charge in [-0.1, -0.05) is 18.2 Å². The minimum Gasteiger partial charge on any atom is -0.487 e. The molecule has 2 fully saturated rings. The first-order valence-electron chi connectivity index (χ1n) is 12.4. The number of hydrogen-bond donors (Lipinski definition) is 0. The number of aryl methyl sites for hydroxylation is 1. The van der Waals surface area contributed by atoms with E-state index in [4.69, 9.17) is 4.74 Å². The fourth-order valence-electron chi connectivity index (χ4n) is 6.57. The maximum atomic E-state index is 13.3. The van der Waals surface area contributed by atoms with Crippen molar-refractivity contribution in [2.75, 3.05) is 24.5 Å². The number of para-hydroxylation sites is 1. The number of ketones is 1. The van der Waals surface area contributed by atoms with Crippen molar-refractivity contribution in [2.45, 2.75) is 76.5 Å². The number of hydrogen-bond acceptors (Lipinski definition) is 4. The molecule has 0 saturated carbocycles. The molecule has 4 nitrogen and oxygen atoms in total. The summed E-state index contributed by atoms with van der Waals surface area (Å²) in [5, 5.41) is 0. The molecule has 0 amide bonds. The van der Waals surface area contributed by atoms with E-state index >= 15 is 0 Å². The van der Waals surface area contributed by atoms with Crippen molar-refractivity contribution in [2.24, 2.45) is 0 Å². The second-order valence-electron chi connectivity index (χ2n) is 10.5. The van der Waals surface area contributed by atoms with E-state index in [9.17, 15) is 9.18 Å². The molecular formula is C28H35FN2O2. The highest BCUT2D eigenvalue weighted by atomic mass is 19.1. The van der Waals surface area contributed by atoms with Crippen LogP contribution in [0, 0.1) is 12.7 Å². The van der Waals surface area contributed by atoms with E-state index in [1.165, 1.54) is 41.8 Å². The maximum Gasteiger partial charge on any atom is 0.139 e. The van der Waals surface area contributed by atoms with Crippen LogP contribution >= 0.6 is 0 Å². The zero-order valence-electron chi connectivity index (χ0n) is 20.0. The van der Waals surface area contributed by atoms with E-state index in [0.29, 0.717) is 12.1 Å². The Balaban J connectivity index is 1.19. The van der Waals surface area contributed by atoms with E-state index in [1.807, 2.05) is 0 Å². The number of nitrogens with zero attached hydrogens (tertiary/aromatic N) is 2. The van der Waals surface area contributed by atoms with Crippen LogP contribution in [0.1, 0.15) is 63.0 Å². The van der Waals surface area contributed by atoms with E-state index in [2.05, 4.69) is 41.8 Å². The van der Waals surface area contributed by atoms with Crippen molar-refractivity contribution in [1.29, 1.82) is 0 Å². The minimum atomic E-state index is -0.229. The molecule has 176 valence electrons. The molecule has 5 heteroatoms. The summed E-state index contributed by atoms with van der Waals surface area (Å²) in [5.74, 6) is 0.803. The third-order valence-electron chi connectivity index (χ3n) is 7.98. The van der Waals surface area contributed by atoms with Gasteiger partial charge in [0, 0.05) is 50.2 Å². The van der Waals surface area contributed by atoms with Crippen LogP contribution in [0.4, 0.5) is 10.1 Å². The number of ether oxygens (including phenoxy) is 1. The number of carbonyl (C=O) groups excluding carboxylic acids is 1. The summed E-state index contributed by atoms with van der Waals surface area (Å²) in [7, 11) is 0. The Morgan fingerprint density at radius 1 is 1.09 bits per heavy atom. The molecule has 5 rings (SSSR count). The van der Waals surface area contributed by atoms with Crippen molar-refractivity contribution in [3.8, 4) is 5.75 Å². The normalized spacial score (nSPS) is 28.7. The first-order chi connectivity index (χ1) is 15.8. The molecule has 3 aliphatic rings. The lowest BCUT2D eigenvalue weighted by molar-refractivity contribution is -0.118. The SMILES string of the molecule is CC(=O)C1CN(CCCN2C3CCC2CC(C)(Oc2ccc(F)cc2)C3)c2c(C)cccc21. The summed E-state index contributed by atoms with van der Waals surface area (Å²) in [6.45, 7) is 8.97. The van der Waals surface area contributed by atoms with Crippen LogP contribution in [0.2, 0.25) is 0 Å². The lowest BCUT2D eigenvalue weighted by Crippen LogP contribution is -2.52.